The van der Waals surface area contributed by atoms with Crippen molar-refractivity contribution in [2.24, 2.45) is 0 Å². The summed E-state index contributed by atoms with van der Waals surface area (Å²) in [6.07, 6.45) is 6.79. The fourth-order valence-electron chi connectivity index (χ4n) is 2.81. The van der Waals surface area contributed by atoms with Crippen LogP contribution in [0.4, 0.5) is 0 Å². The summed E-state index contributed by atoms with van der Waals surface area (Å²) in [5.41, 5.74) is 1.31. The highest BCUT2D eigenvalue weighted by molar-refractivity contribution is 5.17. The number of furan rings is 1. The van der Waals surface area contributed by atoms with E-state index in [1.165, 1.54) is 31.2 Å². The molecule has 1 aromatic heterocycles. The van der Waals surface area contributed by atoms with Gasteiger partial charge < -0.3 is 14.5 Å². The lowest BCUT2D eigenvalue weighted by Crippen LogP contribution is -2.36. The maximum atomic E-state index is 5.67. The Balaban J connectivity index is 1.95. The predicted molar refractivity (Wildman–Crippen MR) is 85.2 cm³/mol. The first-order valence-corrected chi connectivity index (χ1v) is 8.30. The number of nitrogens with zero attached hydrogens (tertiary/aromatic N) is 1. The van der Waals surface area contributed by atoms with E-state index in [1.54, 1.807) is 7.11 Å². The Kier molecular flexibility index (Phi) is 6.74. The first-order valence-electron chi connectivity index (χ1n) is 8.30. The fourth-order valence-corrected chi connectivity index (χ4v) is 2.81. The highest BCUT2D eigenvalue weighted by atomic mass is 16.5. The van der Waals surface area contributed by atoms with Crippen molar-refractivity contribution in [2.75, 3.05) is 20.3 Å². The van der Waals surface area contributed by atoms with Crippen molar-refractivity contribution in [1.82, 2.24) is 10.2 Å². The van der Waals surface area contributed by atoms with E-state index in [0.29, 0.717) is 12.1 Å². The summed E-state index contributed by atoms with van der Waals surface area (Å²) in [5, 5.41) is 3.54. The van der Waals surface area contributed by atoms with E-state index in [4.69, 9.17) is 9.15 Å². The van der Waals surface area contributed by atoms with Gasteiger partial charge in [-0.1, -0.05) is 13.8 Å². The van der Waals surface area contributed by atoms with E-state index in [9.17, 15) is 0 Å². The predicted octanol–water partition coefficient (Wildman–Crippen LogP) is 3.17. The van der Waals surface area contributed by atoms with Crippen molar-refractivity contribution in [1.29, 1.82) is 0 Å². The molecule has 21 heavy (non-hydrogen) atoms. The molecule has 1 N–H and O–H groups in total. The van der Waals surface area contributed by atoms with Gasteiger partial charge in [-0.05, 0) is 31.7 Å². The molecule has 4 heteroatoms. The zero-order chi connectivity index (χ0) is 15.1. The Labute approximate surface area is 128 Å². The van der Waals surface area contributed by atoms with Crippen molar-refractivity contribution < 1.29 is 9.15 Å². The third-order valence-corrected chi connectivity index (χ3v) is 4.38. The molecule has 0 bridgehead atoms. The largest absolute Gasteiger partial charge is 0.468 e. The minimum Gasteiger partial charge on any atom is -0.468 e. The van der Waals surface area contributed by atoms with E-state index < -0.39 is 0 Å². The summed E-state index contributed by atoms with van der Waals surface area (Å²) in [6.45, 7) is 8.09. The summed E-state index contributed by atoms with van der Waals surface area (Å²) in [5.74, 6) is 1.09. The van der Waals surface area contributed by atoms with Gasteiger partial charge in [0.25, 0.3) is 0 Å². The lowest BCUT2D eigenvalue weighted by Gasteiger charge is -2.30. The maximum absolute atomic E-state index is 5.67. The van der Waals surface area contributed by atoms with Crippen molar-refractivity contribution in [2.45, 2.75) is 64.7 Å². The van der Waals surface area contributed by atoms with Gasteiger partial charge in [0.05, 0.1) is 19.4 Å². The van der Waals surface area contributed by atoms with Gasteiger partial charge in [0.15, 0.2) is 0 Å². The Hall–Kier alpha value is -0.840. The fraction of sp³-hybridized carbons (Fsp3) is 0.765. The van der Waals surface area contributed by atoms with Crippen LogP contribution in [0.1, 0.15) is 50.9 Å². The first-order chi connectivity index (χ1) is 10.3. The van der Waals surface area contributed by atoms with Crippen molar-refractivity contribution >= 4 is 0 Å². The molecule has 0 saturated heterocycles. The normalized spacial score (nSPS) is 15.3. The molecule has 120 valence electrons. The molecular weight excluding hydrogens is 264 g/mol. The minimum absolute atomic E-state index is 0.610. The van der Waals surface area contributed by atoms with E-state index in [1.807, 2.05) is 6.26 Å². The number of hydrogen-bond donors (Lipinski definition) is 1. The van der Waals surface area contributed by atoms with Crippen LogP contribution in [0, 0.1) is 0 Å². The van der Waals surface area contributed by atoms with Gasteiger partial charge in [-0.25, -0.2) is 0 Å². The zero-order valence-electron chi connectivity index (χ0n) is 13.7. The Bertz CT molecular complexity index is 397. The van der Waals surface area contributed by atoms with Crippen LogP contribution in [0.15, 0.2) is 16.7 Å². The molecule has 0 aliphatic heterocycles. The quantitative estimate of drug-likeness (QED) is 0.680. The zero-order valence-corrected chi connectivity index (χ0v) is 13.7. The van der Waals surface area contributed by atoms with Crippen LogP contribution >= 0.6 is 0 Å². The van der Waals surface area contributed by atoms with Crippen molar-refractivity contribution in [3.05, 3.63) is 23.7 Å². The SMILES string of the molecule is CCC(CC)N(CCOC)Cc1ccoc1CNC1CC1. The van der Waals surface area contributed by atoms with Crippen molar-refractivity contribution in [3.8, 4) is 0 Å². The molecule has 1 aliphatic carbocycles. The third kappa shape index (κ3) is 5.13. The highest BCUT2D eigenvalue weighted by Crippen LogP contribution is 2.21. The van der Waals surface area contributed by atoms with Gasteiger partial charge >= 0.3 is 0 Å². The van der Waals surface area contributed by atoms with Crippen LogP contribution in [0.2, 0.25) is 0 Å². The summed E-state index contributed by atoms with van der Waals surface area (Å²) >= 11 is 0. The minimum atomic E-state index is 0.610. The smallest absolute Gasteiger partial charge is 0.122 e. The molecule has 0 spiro atoms. The second kappa shape index (κ2) is 8.57. The lowest BCUT2D eigenvalue weighted by molar-refractivity contribution is 0.109. The van der Waals surface area contributed by atoms with E-state index in [0.717, 1.165) is 32.0 Å². The number of ether oxygens (including phenoxy) is 1. The first kappa shape index (κ1) is 16.5. The summed E-state index contributed by atoms with van der Waals surface area (Å²) < 4.78 is 10.9. The number of methoxy groups -OCH3 is 1. The molecule has 0 radical (unpaired) electrons. The molecule has 0 atom stereocenters. The second-order valence-electron chi connectivity index (χ2n) is 5.96. The molecule has 1 heterocycles. The van der Waals surface area contributed by atoms with E-state index in [-0.39, 0.29) is 0 Å². The van der Waals surface area contributed by atoms with Gasteiger partial charge in [-0.2, -0.15) is 0 Å². The van der Waals surface area contributed by atoms with E-state index >= 15 is 0 Å². The number of rotatable bonds is 11. The molecule has 0 unspecified atom stereocenters. The molecule has 0 aromatic carbocycles. The molecule has 1 fully saturated rings. The van der Waals surface area contributed by atoms with Crippen LogP contribution < -0.4 is 5.32 Å². The Morgan fingerprint density at radius 1 is 1.38 bits per heavy atom. The Morgan fingerprint density at radius 2 is 2.14 bits per heavy atom. The van der Waals surface area contributed by atoms with E-state index in [2.05, 4.69) is 30.1 Å². The number of hydrogen-bond acceptors (Lipinski definition) is 4. The summed E-state index contributed by atoms with van der Waals surface area (Å²) in [7, 11) is 1.77. The number of nitrogens with one attached hydrogen (secondary N) is 1. The molecule has 1 aromatic rings. The summed E-state index contributed by atoms with van der Waals surface area (Å²) in [6, 6.07) is 3.44. The standard InChI is InChI=1S/C17H30N2O2/c1-4-16(5-2)19(9-11-20-3)13-14-8-10-21-17(14)12-18-15-6-7-15/h8,10,15-16,18H,4-7,9,11-13H2,1-3H3. The highest BCUT2D eigenvalue weighted by Gasteiger charge is 2.22. The van der Waals surface area contributed by atoms with Gasteiger partial charge in [0.1, 0.15) is 5.76 Å². The molecule has 1 saturated carbocycles. The average Bonchev–Trinajstić information content (AvgIpc) is 3.23. The average molecular weight is 294 g/mol. The van der Waals surface area contributed by atoms with Crippen molar-refractivity contribution in [3.63, 3.8) is 0 Å². The molecular formula is C17H30N2O2. The van der Waals surface area contributed by atoms with Crippen LogP contribution in [-0.4, -0.2) is 37.2 Å². The molecule has 2 rings (SSSR count). The molecule has 1 aliphatic rings. The second-order valence-corrected chi connectivity index (χ2v) is 5.96. The van der Waals surface area contributed by atoms with Gasteiger partial charge in [-0.3, -0.25) is 4.90 Å². The maximum Gasteiger partial charge on any atom is 0.122 e. The van der Waals surface area contributed by atoms with Crippen LogP contribution in [0.5, 0.6) is 0 Å². The van der Waals surface area contributed by atoms with Gasteiger partial charge in [0, 0.05) is 37.8 Å². The topological polar surface area (TPSA) is 37.6 Å². The Morgan fingerprint density at radius 3 is 2.76 bits per heavy atom. The van der Waals surface area contributed by atoms with Crippen LogP contribution in [0.25, 0.3) is 0 Å². The third-order valence-electron chi connectivity index (χ3n) is 4.38. The molecule has 4 nitrogen and oxygen atoms in total. The van der Waals surface area contributed by atoms with Crippen LogP contribution in [0.3, 0.4) is 0 Å². The van der Waals surface area contributed by atoms with Gasteiger partial charge in [-0.15, -0.1) is 0 Å². The monoisotopic (exact) mass is 294 g/mol. The molecule has 0 amide bonds. The summed E-state index contributed by atoms with van der Waals surface area (Å²) in [4.78, 5) is 2.52. The lowest BCUT2D eigenvalue weighted by atomic mass is 10.1. The van der Waals surface area contributed by atoms with Crippen LogP contribution in [-0.2, 0) is 17.8 Å². The van der Waals surface area contributed by atoms with Gasteiger partial charge in [0.2, 0.25) is 0 Å².